The molecule has 3 rings (SSSR count). The number of hydrogen-bond acceptors (Lipinski definition) is 1. The molecule has 0 atom stereocenters. The maximum atomic E-state index is 3.39. The molecular weight excluding hydrogens is 172 g/mol. The molecule has 1 aliphatic heterocycles. The monoisotopic (exact) mass is 186 g/mol. The standard InChI is InChI=1S/C12H14N2/c1-8-3-4-9-10-6-13-7-12(10)14(2)11(9)5-8/h3-5,13H,6-7H2,1-2H3. The molecule has 2 nitrogen and oxygen atoms in total. The van der Waals surface area contributed by atoms with Crippen LogP contribution in [-0.2, 0) is 20.1 Å². The van der Waals surface area contributed by atoms with Gasteiger partial charge in [0.1, 0.15) is 0 Å². The highest BCUT2D eigenvalue weighted by Crippen LogP contribution is 2.28. The van der Waals surface area contributed by atoms with Gasteiger partial charge in [-0.25, -0.2) is 0 Å². The molecule has 0 saturated heterocycles. The molecule has 1 aliphatic rings. The summed E-state index contributed by atoms with van der Waals surface area (Å²) in [5.41, 5.74) is 5.65. The van der Waals surface area contributed by atoms with Crippen LogP contribution in [0.3, 0.4) is 0 Å². The van der Waals surface area contributed by atoms with E-state index in [1.165, 1.54) is 27.7 Å². The lowest BCUT2D eigenvalue weighted by atomic mass is 10.1. The topological polar surface area (TPSA) is 17.0 Å². The summed E-state index contributed by atoms with van der Waals surface area (Å²) >= 11 is 0. The molecular formula is C12H14N2. The summed E-state index contributed by atoms with van der Waals surface area (Å²) in [5, 5.41) is 4.81. The third-order valence-corrected chi connectivity index (χ3v) is 3.19. The van der Waals surface area contributed by atoms with Gasteiger partial charge in [-0.15, -0.1) is 0 Å². The van der Waals surface area contributed by atoms with Gasteiger partial charge in [0.15, 0.2) is 0 Å². The molecule has 1 aromatic heterocycles. The molecule has 0 amide bonds. The molecule has 0 spiro atoms. The van der Waals surface area contributed by atoms with Gasteiger partial charge in [-0.1, -0.05) is 12.1 Å². The molecule has 1 aromatic carbocycles. The van der Waals surface area contributed by atoms with Gasteiger partial charge in [0, 0.05) is 36.7 Å². The van der Waals surface area contributed by atoms with Crippen molar-refractivity contribution in [1.29, 1.82) is 0 Å². The average molecular weight is 186 g/mol. The van der Waals surface area contributed by atoms with Crippen molar-refractivity contribution in [2.24, 2.45) is 7.05 Å². The largest absolute Gasteiger partial charge is 0.346 e. The first-order valence-electron chi connectivity index (χ1n) is 5.05. The molecule has 0 fully saturated rings. The SMILES string of the molecule is Cc1ccc2c3c(n(C)c2c1)CNC3. The molecule has 0 radical (unpaired) electrons. The van der Waals surface area contributed by atoms with E-state index < -0.39 is 0 Å². The van der Waals surface area contributed by atoms with Crippen molar-refractivity contribution in [2.75, 3.05) is 0 Å². The molecule has 2 aromatic rings. The van der Waals surface area contributed by atoms with Crippen LogP contribution in [0.2, 0.25) is 0 Å². The zero-order chi connectivity index (χ0) is 9.71. The first-order valence-corrected chi connectivity index (χ1v) is 5.05. The van der Waals surface area contributed by atoms with Crippen molar-refractivity contribution in [2.45, 2.75) is 20.0 Å². The van der Waals surface area contributed by atoms with Crippen molar-refractivity contribution in [3.05, 3.63) is 35.0 Å². The number of nitrogens with zero attached hydrogens (tertiary/aromatic N) is 1. The summed E-state index contributed by atoms with van der Waals surface area (Å²) < 4.78 is 2.32. The highest BCUT2D eigenvalue weighted by molar-refractivity contribution is 5.86. The van der Waals surface area contributed by atoms with Crippen LogP contribution in [0.1, 0.15) is 16.8 Å². The summed E-state index contributed by atoms with van der Waals surface area (Å²) in [5.74, 6) is 0. The smallest absolute Gasteiger partial charge is 0.0486 e. The quantitative estimate of drug-likeness (QED) is 0.666. The Labute approximate surface area is 83.5 Å². The second-order valence-electron chi connectivity index (χ2n) is 4.11. The summed E-state index contributed by atoms with van der Waals surface area (Å²) in [6.07, 6.45) is 0. The van der Waals surface area contributed by atoms with Gasteiger partial charge in [0.25, 0.3) is 0 Å². The Kier molecular flexibility index (Phi) is 1.50. The van der Waals surface area contributed by atoms with Crippen LogP contribution >= 0.6 is 0 Å². The molecule has 0 saturated carbocycles. The minimum Gasteiger partial charge on any atom is -0.346 e. The predicted molar refractivity (Wildman–Crippen MR) is 58.2 cm³/mol. The van der Waals surface area contributed by atoms with Crippen molar-refractivity contribution in [3.63, 3.8) is 0 Å². The van der Waals surface area contributed by atoms with Gasteiger partial charge >= 0.3 is 0 Å². The van der Waals surface area contributed by atoms with Crippen LogP contribution in [0, 0.1) is 6.92 Å². The Hall–Kier alpha value is -1.28. The van der Waals surface area contributed by atoms with Crippen LogP contribution in [0.5, 0.6) is 0 Å². The Morgan fingerprint density at radius 2 is 2.14 bits per heavy atom. The first kappa shape index (κ1) is 8.06. The van der Waals surface area contributed by atoms with Crippen molar-refractivity contribution < 1.29 is 0 Å². The summed E-state index contributed by atoms with van der Waals surface area (Å²) in [4.78, 5) is 0. The number of benzene rings is 1. The van der Waals surface area contributed by atoms with Crippen LogP contribution in [0.15, 0.2) is 18.2 Å². The molecule has 14 heavy (non-hydrogen) atoms. The molecule has 2 heterocycles. The van der Waals surface area contributed by atoms with E-state index in [4.69, 9.17) is 0 Å². The van der Waals surface area contributed by atoms with E-state index in [9.17, 15) is 0 Å². The van der Waals surface area contributed by atoms with E-state index in [1.54, 1.807) is 0 Å². The molecule has 0 bridgehead atoms. The van der Waals surface area contributed by atoms with Crippen LogP contribution in [0.4, 0.5) is 0 Å². The van der Waals surface area contributed by atoms with E-state index in [2.05, 4.69) is 42.1 Å². The second-order valence-corrected chi connectivity index (χ2v) is 4.11. The molecule has 2 heteroatoms. The lowest BCUT2D eigenvalue weighted by Gasteiger charge is -2.01. The Bertz CT molecular complexity index is 509. The number of rotatable bonds is 0. The molecule has 1 N–H and O–H groups in total. The van der Waals surface area contributed by atoms with E-state index >= 15 is 0 Å². The number of aromatic nitrogens is 1. The minimum absolute atomic E-state index is 1.01. The number of aryl methyl sites for hydroxylation is 2. The molecule has 72 valence electrons. The van der Waals surface area contributed by atoms with Crippen LogP contribution in [-0.4, -0.2) is 4.57 Å². The molecule has 0 aliphatic carbocycles. The van der Waals surface area contributed by atoms with Crippen molar-refractivity contribution >= 4 is 10.9 Å². The van der Waals surface area contributed by atoms with Crippen LogP contribution < -0.4 is 5.32 Å². The first-order chi connectivity index (χ1) is 6.77. The Morgan fingerprint density at radius 3 is 3.00 bits per heavy atom. The fourth-order valence-corrected chi connectivity index (χ4v) is 2.41. The Balaban J connectivity index is 2.45. The van der Waals surface area contributed by atoms with Crippen LogP contribution in [0.25, 0.3) is 10.9 Å². The molecule has 0 unspecified atom stereocenters. The summed E-state index contributed by atoms with van der Waals surface area (Å²) in [6.45, 7) is 4.19. The van der Waals surface area contributed by atoms with Gasteiger partial charge in [-0.2, -0.15) is 0 Å². The second kappa shape index (κ2) is 2.61. The maximum absolute atomic E-state index is 3.39. The average Bonchev–Trinajstić information content (AvgIpc) is 2.72. The minimum atomic E-state index is 1.01. The van der Waals surface area contributed by atoms with E-state index in [1.807, 2.05) is 0 Å². The van der Waals surface area contributed by atoms with Crippen molar-refractivity contribution in [1.82, 2.24) is 9.88 Å². The highest BCUT2D eigenvalue weighted by Gasteiger charge is 2.18. The van der Waals surface area contributed by atoms with E-state index in [0.29, 0.717) is 0 Å². The summed E-state index contributed by atoms with van der Waals surface area (Å²) in [6, 6.07) is 6.71. The van der Waals surface area contributed by atoms with Gasteiger partial charge < -0.3 is 9.88 Å². The number of nitrogens with one attached hydrogen (secondary N) is 1. The van der Waals surface area contributed by atoms with E-state index in [0.717, 1.165) is 13.1 Å². The zero-order valence-corrected chi connectivity index (χ0v) is 8.59. The summed E-state index contributed by atoms with van der Waals surface area (Å²) in [7, 11) is 2.16. The third kappa shape index (κ3) is 0.891. The lowest BCUT2D eigenvalue weighted by molar-refractivity contribution is 0.733. The van der Waals surface area contributed by atoms with Crippen molar-refractivity contribution in [3.8, 4) is 0 Å². The van der Waals surface area contributed by atoms with Gasteiger partial charge in [0.05, 0.1) is 0 Å². The fourth-order valence-electron chi connectivity index (χ4n) is 2.41. The Morgan fingerprint density at radius 1 is 1.29 bits per heavy atom. The third-order valence-electron chi connectivity index (χ3n) is 3.19. The van der Waals surface area contributed by atoms with Gasteiger partial charge in [-0.3, -0.25) is 0 Å². The number of fused-ring (bicyclic) bond motifs is 3. The lowest BCUT2D eigenvalue weighted by Crippen LogP contribution is -2.04. The van der Waals surface area contributed by atoms with Gasteiger partial charge in [0.2, 0.25) is 0 Å². The normalized spacial score (nSPS) is 15.0. The maximum Gasteiger partial charge on any atom is 0.0486 e. The number of hydrogen-bond donors (Lipinski definition) is 1. The van der Waals surface area contributed by atoms with E-state index in [-0.39, 0.29) is 0 Å². The predicted octanol–water partition coefficient (Wildman–Crippen LogP) is 2.09. The zero-order valence-electron chi connectivity index (χ0n) is 8.59. The highest BCUT2D eigenvalue weighted by atomic mass is 15.0. The fraction of sp³-hybridized carbons (Fsp3) is 0.333. The van der Waals surface area contributed by atoms with Gasteiger partial charge in [-0.05, 0) is 24.1 Å².